The molecule has 0 radical (unpaired) electrons. The minimum Gasteiger partial charge on any atom is -1.00 e. The van der Waals surface area contributed by atoms with E-state index in [-0.39, 0.29) is 58.1 Å². The summed E-state index contributed by atoms with van der Waals surface area (Å²) in [7, 11) is 0. The Bertz CT molecular complexity index is 659. The molecular formula is C26H47NaS. The van der Waals surface area contributed by atoms with E-state index in [1.807, 2.05) is 0 Å². The van der Waals surface area contributed by atoms with Gasteiger partial charge in [0.15, 0.2) is 0 Å². The van der Waals surface area contributed by atoms with Crippen LogP contribution in [0.3, 0.4) is 0 Å². The molecule has 1 aromatic carbocycles. The number of hydrogen-bond donors (Lipinski definition) is 1. The fraction of sp³-hybridized carbons (Fsp3) is 0.769. The van der Waals surface area contributed by atoms with Gasteiger partial charge >= 0.3 is 29.6 Å². The second-order valence-corrected chi connectivity index (χ2v) is 13.9. The molecule has 0 aliphatic rings. The predicted octanol–water partition coefficient (Wildman–Crippen LogP) is 5.58. The van der Waals surface area contributed by atoms with Crippen molar-refractivity contribution in [3.63, 3.8) is 0 Å². The standard InChI is InChI=1S/C26H46S.Na.H/c1-22(2,3)16-17(23(4,5)6)19(25(10,11)12)21(27)20(26(13,14)15)18(16)24(7,8)9;;/h27H,1-15H3;;/q;+1;-1. The molecule has 0 nitrogen and oxygen atoms in total. The summed E-state index contributed by atoms with van der Waals surface area (Å²) in [5, 5.41) is 0. The molecule has 0 bridgehead atoms. The van der Waals surface area contributed by atoms with E-state index in [0.717, 1.165) is 0 Å². The Morgan fingerprint density at radius 3 is 0.679 bits per heavy atom. The Balaban J connectivity index is 0. The molecule has 0 aliphatic heterocycles. The van der Waals surface area contributed by atoms with Crippen molar-refractivity contribution < 1.29 is 31.0 Å². The van der Waals surface area contributed by atoms with E-state index in [1.54, 1.807) is 0 Å². The zero-order valence-electron chi connectivity index (χ0n) is 22.9. The van der Waals surface area contributed by atoms with Gasteiger partial charge in [-0.25, -0.2) is 0 Å². The Morgan fingerprint density at radius 1 is 0.393 bits per heavy atom. The quantitative estimate of drug-likeness (QED) is 0.416. The number of rotatable bonds is 0. The minimum absolute atomic E-state index is 0. The summed E-state index contributed by atoms with van der Waals surface area (Å²) in [5.74, 6) is 0. The number of hydrogen-bond acceptors (Lipinski definition) is 1. The van der Waals surface area contributed by atoms with Gasteiger partial charge in [-0.1, -0.05) is 104 Å². The molecule has 0 aromatic heterocycles. The van der Waals surface area contributed by atoms with Crippen LogP contribution in [0, 0.1) is 0 Å². The van der Waals surface area contributed by atoms with Crippen molar-refractivity contribution in [3.05, 3.63) is 27.8 Å². The van der Waals surface area contributed by atoms with Crippen LogP contribution in [-0.4, -0.2) is 0 Å². The van der Waals surface area contributed by atoms with E-state index in [0.29, 0.717) is 0 Å². The zero-order valence-corrected chi connectivity index (χ0v) is 24.8. The smallest absolute Gasteiger partial charge is 1.00 e. The van der Waals surface area contributed by atoms with Crippen LogP contribution in [0.4, 0.5) is 0 Å². The van der Waals surface area contributed by atoms with Crippen molar-refractivity contribution in [2.45, 2.75) is 136 Å². The first-order valence-corrected chi connectivity index (χ1v) is 10.9. The van der Waals surface area contributed by atoms with Crippen LogP contribution in [0.1, 0.15) is 133 Å². The molecule has 0 saturated carbocycles. The van der Waals surface area contributed by atoms with Gasteiger partial charge < -0.3 is 1.43 Å². The first-order valence-electron chi connectivity index (χ1n) is 10.5. The van der Waals surface area contributed by atoms with Gasteiger partial charge in [0, 0.05) is 4.90 Å². The average Bonchev–Trinajstić information content (AvgIpc) is 2.29. The maximum Gasteiger partial charge on any atom is 1.00 e. The summed E-state index contributed by atoms with van der Waals surface area (Å²) in [6, 6.07) is 0. The van der Waals surface area contributed by atoms with Gasteiger partial charge in [0.2, 0.25) is 0 Å². The molecule has 0 N–H and O–H groups in total. The molecule has 2 heteroatoms. The summed E-state index contributed by atoms with van der Waals surface area (Å²) >= 11 is 5.24. The van der Waals surface area contributed by atoms with E-state index in [9.17, 15) is 0 Å². The van der Waals surface area contributed by atoms with Crippen molar-refractivity contribution in [1.82, 2.24) is 0 Å². The van der Waals surface area contributed by atoms with E-state index in [4.69, 9.17) is 12.6 Å². The van der Waals surface area contributed by atoms with Crippen molar-refractivity contribution >= 4 is 12.6 Å². The predicted molar refractivity (Wildman–Crippen MR) is 128 cm³/mol. The topological polar surface area (TPSA) is 0 Å². The van der Waals surface area contributed by atoms with Crippen LogP contribution in [0.25, 0.3) is 0 Å². The maximum absolute atomic E-state index is 5.24. The molecule has 1 aromatic rings. The molecular weight excluding hydrogens is 367 g/mol. The first-order chi connectivity index (χ1) is 11.5. The fourth-order valence-electron chi connectivity index (χ4n) is 4.45. The van der Waals surface area contributed by atoms with Crippen molar-refractivity contribution in [1.29, 1.82) is 0 Å². The Kier molecular flexibility index (Phi) is 8.42. The maximum atomic E-state index is 5.24. The number of benzene rings is 1. The van der Waals surface area contributed by atoms with Crippen molar-refractivity contribution in [2.24, 2.45) is 0 Å². The SMILES string of the molecule is CC(C)(C)c1c(S)c(C(C)(C)C)c(C(C)(C)C)c(C(C)(C)C)c1C(C)(C)C.[H-].[Na+]. The molecule has 0 amide bonds. The molecule has 0 spiro atoms. The van der Waals surface area contributed by atoms with Crippen LogP contribution in [-0.2, 0) is 27.1 Å². The number of thiol groups is 1. The molecule has 0 saturated heterocycles. The largest absolute Gasteiger partial charge is 1.00 e. The van der Waals surface area contributed by atoms with Crippen LogP contribution in [0.15, 0.2) is 4.90 Å². The van der Waals surface area contributed by atoms with Gasteiger partial charge in [0.25, 0.3) is 0 Å². The summed E-state index contributed by atoms with van der Waals surface area (Å²) in [6.07, 6.45) is 0. The average molecular weight is 415 g/mol. The van der Waals surface area contributed by atoms with Gasteiger partial charge in [-0.2, -0.15) is 0 Å². The van der Waals surface area contributed by atoms with Crippen molar-refractivity contribution in [3.8, 4) is 0 Å². The third kappa shape index (κ3) is 5.83. The first kappa shape index (κ1) is 28.6. The second-order valence-electron chi connectivity index (χ2n) is 13.5. The Morgan fingerprint density at radius 2 is 0.536 bits per heavy atom. The van der Waals surface area contributed by atoms with Gasteiger partial charge in [0.05, 0.1) is 0 Å². The van der Waals surface area contributed by atoms with Crippen molar-refractivity contribution in [2.75, 3.05) is 0 Å². The molecule has 0 atom stereocenters. The van der Waals surface area contributed by atoms with Crippen LogP contribution >= 0.6 is 12.6 Å². The Labute approximate surface area is 206 Å². The van der Waals surface area contributed by atoms with Gasteiger partial charge in [-0.15, -0.1) is 12.6 Å². The monoisotopic (exact) mass is 414 g/mol. The van der Waals surface area contributed by atoms with Gasteiger partial charge in [-0.05, 0) is 54.9 Å². The zero-order chi connectivity index (χ0) is 22.0. The molecule has 0 fully saturated rings. The van der Waals surface area contributed by atoms with E-state index < -0.39 is 0 Å². The minimum atomic E-state index is 0. The molecule has 0 aliphatic carbocycles. The third-order valence-electron chi connectivity index (χ3n) is 5.22. The van der Waals surface area contributed by atoms with Crippen LogP contribution in [0.5, 0.6) is 0 Å². The normalized spacial score (nSPS) is 14.1. The van der Waals surface area contributed by atoms with Crippen LogP contribution in [0.2, 0.25) is 0 Å². The second kappa shape index (κ2) is 8.25. The summed E-state index contributed by atoms with van der Waals surface area (Å²) in [5.41, 5.74) is 7.66. The van der Waals surface area contributed by atoms with E-state index in [1.165, 1.54) is 32.7 Å². The molecule has 28 heavy (non-hydrogen) atoms. The van der Waals surface area contributed by atoms with E-state index in [2.05, 4.69) is 104 Å². The van der Waals surface area contributed by atoms with Crippen LogP contribution < -0.4 is 29.6 Å². The summed E-state index contributed by atoms with van der Waals surface area (Å²) < 4.78 is 0. The molecule has 0 unspecified atom stereocenters. The van der Waals surface area contributed by atoms with Gasteiger partial charge in [0.1, 0.15) is 0 Å². The molecule has 1 rings (SSSR count). The Hall–Kier alpha value is 0.570. The molecule has 0 heterocycles. The fourth-order valence-corrected chi connectivity index (χ4v) is 5.34. The molecule has 158 valence electrons. The third-order valence-corrected chi connectivity index (χ3v) is 5.67. The van der Waals surface area contributed by atoms with Gasteiger partial charge in [-0.3, -0.25) is 0 Å². The summed E-state index contributed by atoms with van der Waals surface area (Å²) in [6.45, 7) is 35.4. The summed E-state index contributed by atoms with van der Waals surface area (Å²) in [4.78, 5) is 1.21. The van der Waals surface area contributed by atoms with E-state index >= 15 is 0 Å².